The van der Waals surface area contributed by atoms with E-state index < -0.39 is 0 Å². The van der Waals surface area contributed by atoms with E-state index in [2.05, 4.69) is 91.4 Å². The molecule has 0 fully saturated rings. The summed E-state index contributed by atoms with van der Waals surface area (Å²) in [5.74, 6) is 0. The van der Waals surface area contributed by atoms with Gasteiger partial charge in [0.15, 0.2) is 0 Å². The lowest BCUT2D eigenvalue weighted by molar-refractivity contribution is 0.958. The van der Waals surface area contributed by atoms with Crippen molar-refractivity contribution < 1.29 is 0 Å². The Morgan fingerprint density at radius 3 is 2.83 bits per heavy atom. The molecule has 152 valence electrons. The summed E-state index contributed by atoms with van der Waals surface area (Å²) in [5, 5.41) is 8.85. The second-order valence-corrected chi connectivity index (χ2v) is 8.06. The van der Waals surface area contributed by atoms with Crippen LogP contribution >= 0.6 is 0 Å². The second kappa shape index (κ2) is 8.66. The fourth-order valence-electron chi connectivity index (χ4n) is 4.05. The van der Waals surface area contributed by atoms with Gasteiger partial charge in [0.05, 0.1) is 17.4 Å². The van der Waals surface area contributed by atoms with Crippen molar-refractivity contribution in [2.24, 2.45) is 0 Å². The number of nitrogens with one attached hydrogen (secondary N) is 1. The van der Waals surface area contributed by atoms with Gasteiger partial charge >= 0.3 is 0 Å². The molecule has 3 heteroatoms. The summed E-state index contributed by atoms with van der Waals surface area (Å²) < 4.78 is 0. The topological polar surface area (TPSA) is 41.6 Å². The Labute approximate surface area is 178 Å². The summed E-state index contributed by atoms with van der Waals surface area (Å²) in [6, 6.07) is 8.65. The van der Waals surface area contributed by atoms with Crippen LogP contribution in [0.5, 0.6) is 0 Å². The third-order valence-corrected chi connectivity index (χ3v) is 6.04. The SMILES string of the molecule is CC/C=C(\C)c1ccc2nccc(-c3cn[nH]c3/C3=C/C=C\C(C)=C(/C)CC3)c2c1. The van der Waals surface area contributed by atoms with Crippen LogP contribution in [0, 0.1) is 0 Å². The highest BCUT2D eigenvalue weighted by Crippen LogP contribution is 2.35. The number of aromatic nitrogens is 3. The smallest absolute Gasteiger partial charge is 0.0708 e. The van der Waals surface area contributed by atoms with Gasteiger partial charge in [-0.25, -0.2) is 0 Å². The van der Waals surface area contributed by atoms with Crippen LogP contribution in [-0.2, 0) is 0 Å². The highest BCUT2D eigenvalue weighted by Gasteiger charge is 2.16. The molecule has 0 radical (unpaired) electrons. The van der Waals surface area contributed by atoms with Crippen LogP contribution in [0.25, 0.3) is 33.2 Å². The Morgan fingerprint density at radius 2 is 2.00 bits per heavy atom. The maximum Gasteiger partial charge on any atom is 0.0708 e. The molecule has 0 unspecified atom stereocenters. The molecule has 3 nitrogen and oxygen atoms in total. The molecule has 1 aliphatic carbocycles. The fourth-order valence-corrected chi connectivity index (χ4v) is 4.05. The van der Waals surface area contributed by atoms with Gasteiger partial charge in [-0.15, -0.1) is 0 Å². The lowest BCUT2D eigenvalue weighted by Gasteiger charge is -2.13. The number of hydrogen-bond acceptors (Lipinski definition) is 2. The van der Waals surface area contributed by atoms with Crippen molar-refractivity contribution >= 4 is 22.0 Å². The monoisotopic (exact) mass is 395 g/mol. The average Bonchev–Trinajstić information content (AvgIpc) is 3.23. The molecule has 2 heterocycles. The minimum absolute atomic E-state index is 0.995. The Balaban J connectivity index is 1.82. The van der Waals surface area contributed by atoms with Crippen LogP contribution < -0.4 is 0 Å². The zero-order chi connectivity index (χ0) is 21.1. The standard InChI is InChI=1S/C27H29N3/c1-5-7-20(4)22-12-13-26-24(16-22)23(14-15-28-26)25-17-29-30-27(25)21-9-6-8-18(2)19(3)10-11-21/h6-9,12-17H,5,10-11H2,1-4H3,(H,29,30)/b8-6-,19-18+,20-7+,21-9+. The molecule has 2 aromatic heterocycles. The van der Waals surface area contributed by atoms with Crippen molar-refractivity contribution in [1.82, 2.24) is 15.2 Å². The zero-order valence-corrected chi connectivity index (χ0v) is 18.3. The van der Waals surface area contributed by atoms with E-state index in [1.165, 1.54) is 33.4 Å². The van der Waals surface area contributed by atoms with Crippen molar-refractivity contribution in [2.75, 3.05) is 0 Å². The van der Waals surface area contributed by atoms with Crippen LogP contribution in [0.2, 0.25) is 0 Å². The number of hydrogen-bond donors (Lipinski definition) is 1. The van der Waals surface area contributed by atoms with E-state index in [1.54, 1.807) is 0 Å². The highest BCUT2D eigenvalue weighted by molar-refractivity contribution is 5.98. The lowest BCUT2D eigenvalue weighted by atomic mass is 9.92. The predicted octanol–water partition coefficient (Wildman–Crippen LogP) is 7.51. The molecular weight excluding hydrogens is 366 g/mol. The van der Waals surface area contributed by atoms with Crippen LogP contribution in [0.3, 0.4) is 0 Å². The van der Waals surface area contributed by atoms with E-state index in [0.717, 1.165) is 41.4 Å². The Bertz CT molecular complexity index is 1200. The van der Waals surface area contributed by atoms with Crippen molar-refractivity contribution in [1.29, 1.82) is 0 Å². The molecule has 0 saturated heterocycles. The number of H-pyrrole nitrogens is 1. The molecular formula is C27H29N3. The normalized spacial score (nSPS) is 20.5. The van der Waals surface area contributed by atoms with Crippen molar-refractivity contribution in [2.45, 2.75) is 47.0 Å². The molecule has 0 saturated carbocycles. The fraction of sp³-hybridized carbons (Fsp3) is 0.259. The second-order valence-electron chi connectivity index (χ2n) is 8.06. The summed E-state index contributed by atoms with van der Waals surface area (Å²) >= 11 is 0. The molecule has 0 bridgehead atoms. The van der Waals surface area contributed by atoms with Gasteiger partial charge in [-0.2, -0.15) is 5.10 Å². The van der Waals surface area contributed by atoms with Gasteiger partial charge < -0.3 is 0 Å². The molecule has 0 atom stereocenters. The summed E-state index contributed by atoms with van der Waals surface area (Å²) in [6.45, 7) is 8.75. The van der Waals surface area contributed by atoms with Crippen molar-refractivity contribution in [3.63, 3.8) is 0 Å². The molecule has 1 aliphatic rings. The summed E-state index contributed by atoms with van der Waals surface area (Å²) in [6.07, 6.45) is 15.8. The van der Waals surface area contributed by atoms with Crippen LogP contribution in [0.15, 0.2) is 72.1 Å². The number of benzene rings is 1. The van der Waals surface area contributed by atoms with Gasteiger partial charge in [0, 0.05) is 17.1 Å². The molecule has 4 rings (SSSR count). The van der Waals surface area contributed by atoms with Gasteiger partial charge in [0.25, 0.3) is 0 Å². The van der Waals surface area contributed by atoms with Crippen molar-refractivity contribution in [3.05, 3.63) is 83.4 Å². The number of fused-ring (bicyclic) bond motifs is 1. The van der Waals surface area contributed by atoms with Crippen LogP contribution in [-0.4, -0.2) is 15.2 Å². The molecule has 0 amide bonds. The first-order chi connectivity index (χ1) is 14.6. The van der Waals surface area contributed by atoms with Crippen molar-refractivity contribution in [3.8, 4) is 11.1 Å². The van der Waals surface area contributed by atoms with E-state index in [4.69, 9.17) is 0 Å². The largest absolute Gasteiger partial charge is 0.278 e. The van der Waals surface area contributed by atoms with E-state index in [9.17, 15) is 0 Å². The third kappa shape index (κ3) is 3.93. The highest BCUT2D eigenvalue weighted by atomic mass is 15.1. The Hall–Kier alpha value is -3.20. The summed E-state index contributed by atoms with van der Waals surface area (Å²) in [7, 11) is 0. The van der Waals surface area contributed by atoms with Gasteiger partial charge in [0.1, 0.15) is 0 Å². The number of aromatic amines is 1. The quantitative estimate of drug-likeness (QED) is 0.496. The number of nitrogens with zero attached hydrogens (tertiary/aromatic N) is 2. The minimum atomic E-state index is 0.995. The number of rotatable bonds is 4. The van der Waals surface area contributed by atoms with Gasteiger partial charge in [-0.05, 0) is 80.5 Å². The van der Waals surface area contributed by atoms with E-state index in [1.807, 2.05) is 12.4 Å². The summed E-state index contributed by atoms with van der Waals surface area (Å²) in [4.78, 5) is 4.60. The molecule has 1 N–H and O–H groups in total. The van der Waals surface area contributed by atoms with E-state index >= 15 is 0 Å². The third-order valence-electron chi connectivity index (χ3n) is 6.04. The minimum Gasteiger partial charge on any atom is -0.278 e. The predicted molar refractivity (Wildman–Crippen MR) is 128 cm³/mol. The van der Waals surface area contributed by atoms with Crippen LogP contribution in [0.4, 0.5) is 0 Å². The van der Waals surface area contributed by atoms with E-state index in [-0.39, 0.29) is 0 Å². The molecule has 0 aliphatic heterocycles. The Morgan fingerprint density at radius 1 is 1.13 bits per heavy atom. The Kier molecular flexibility index (Phi) is 5.80. The molecule has 30 heavy (non-hydrogen) atoms. The maximum atomic E-state index is 4.60. The molecule has 0 spiro atoms. The van der Waals surface area contributed by atoms with Crippen LogP contribution in [0.1, 0.15) is 58.2 Å². The maximum absolute atomic E-state index is 4.60. The number of allylic oxidation sites excluding steroid dienone is 8. The molecule has 1 aromatic carbocycles. The zero-order valence-electron chi connectivity index (χ0n) is 18.3. The first-order valence-electron chi connectivity index (χ1n) is 10.7. The van der Waals surface area contributed by atoms with Gasteiger partial charge in [0.2, 0.25) is 0 Å². The average molecular weight is 396 g/mol. The number of pyridine rings is 1. The van der Waals surface area contributed by atoms with E-state index in [0.29, 0.717) is 0 Å². The molecule has 3 aromatic rings. The first-order valence-corrected chi connectivity index (χ1v) is 10.7. The summed E-state index contributed by atoms with van der Waals surface area (Å²) in [5.41, 5.74) is 11.0. The first kappa shape index (κ1) is 20.1. The lowest BCUT2D eigenvalue weighted by Crippen LogP contribution is -1.94. The van der Waals surface area contributed by atoms with Gasteiger partial charge in [-0.3, -0.25) is 10.1 Å². The van der Waals surface area contributed by atoms with Gasteiger partial charge in [-0.1, -0.05) is 48.4 Å².